The van der Waals surface area contributed by atoms with Gasteiger partial charge in [-0.15, -0.1) is 0 Å². The molecule has 1 N–H and O–H groups in total. The highest BCUT2D eigenvalue weighted by Crippen LogP contribution is 2.20. The fourth-order valence-electron chi connectivity index (χ4n) is 2.52. The van der Waals surface area contributed by atoms with Crippen molar-refractivity contribution in [3.63, 3.8) is 0 Å². The van der Waals surface area contributed by atoms with Gasteiger partial charge in [0.05, 0.1) is 0 Å². The summed E-state index contributed by atoms with van der Waals surface area (Å²) in [5.74, 6) is 0.901. The zero-order chi connectivity index (χ0) is 16.6. The average molecular weight is 338 g/mol. The van der Waals surface area contributed by atoms with Crippen LogP contribution >= 0.6 is 11.6 Å². The molecule has 0 fully saturated rings. The molecule has 122 valence electrons. The molecule has 24 heavy (non-hydrogen) atoms. The van der Waals surface area contributed by atoms with Gasteiger partial charge >= 0.3 is 0 Å². The Kier molecular flexibility index (Phi) is 5.89. The van der Waals surface area contributed by atoms with Crippen molar-refractivity contribution in [1.82, 2.24) is 5.32 Å². The number of hydrogen-bond donors (Lipinski definition) is 1. The fraction of sp³-hybridized carbons (Fsp3) is 0.143. The van der Waals surface area contributed by atoms with Crippen LogP contribution in [0.25, 0.3) is 0 Å². The fourth-order valence-corrected chi connectivity index (χ4v) is 2.73. The van der Waals surface area contributed by atoms with Gasteiger partial charge in [0, 0.05) is 23.7 Å². The number of nitrogens with one attached hydrogen (secondary N) is 1. The van der Waals surface area contributed by atoms with E-state index in [1.807, 2.05) is 48.5 Å². The van der Waals surface area contributed by atoms with Crippen molar-refractivity contribution >= 4 is 11.6 Å². The van der Waals surface area contributed by atoms with Gasteiger partial charge in [0.25, 0.3) is 0 Å². The zero-order valence-corrected chi connectivity index (χ0v) is 14.2. The van der Waals surface area contributed by atoms with E-state index in [-0.39, 0.29) is 0 Å². The number of para-hydroxylation sites is 1. The molecule has 0 spiro atoms. The highest BCUT2D eigenvalue weighted by atomic mass is 35.5. The number of hydrogen-bond acceptors (Lipinski definition) is 2. The van der Waals surface area contributed by atoms with Gasteiger partial charge in [-0.25, -0.2) is 0 Å². The quantitative estimate of drug-likeness (QED) is 0.639. The maximum absolute atomic E-state index is 6.02. The van der Waals surface area contributed by atoms with Crippen LogP contribution in [0.4, 0.5) is 0 Å². The Morgan fingerprint density at radius 1 is 0.750 bits per heavy atom. The maximum atomic E-state index is 6.02. The topological polar surface area (TPSA) is 21.3 Å². The van der Waals surface area contributed by atoms with E-state index in [9.17, 15) is 0 Å². The Morgan fingerprint density at radius 3 is 2.33 bits per heavy atom. The minimum absolute atomic E-state index is 0.510. The second kappa shape index (κ2) is 8.53. The van der Waals surface area contributed by atoms with E-state index in [4.69, 9.17) is 16.3 Å². The van der Waals surface area contributed by atoms with Crippen LogP contribution in [0.1, 0.15) is 16.7 Å². The molecule has 0 bridgehead atoms. The Balaban J connectivity index is 1.58. The lowest BCUT2D eigenvalue weighted by Crippen LogP contribution is -2.13. The summed E-state index contributed by atoms with van der Waals surface area (Å²) < 4.78 is 5.98. The van der Waals surface area contributed by atoms with Crippen LogP contribution in [0, 0.1) is 0 Å². The van der Waals surface area contributed by atoms with E-state index in [1.165, 1.54) is 5.56 Å². The highest BCUT2D eigenvalue weighted by molar-refractivity contribution is 6.30. The molecule has 3 rings (SSSR count). The Bertz CT molecular complexity index is 774. The van der Waals surface area contributed by atoms with E-state index in [1.54, 1.807) is 0 Å². The minimum atomic E-state index is 0.510. The van der Waals surface area contributed by atoms with Crippen molar-refractivity contribution < 1.29 is 4.74 Å². The van der Waals surface area contributed by atoms with Crippen LogP contribution in [0.3, 0.4) is 0 Å². The molecule has 3 heteroatoms. The predicted octanol–water partition coefficient (Wildman–Crippen LogP) is 5.21. The lowest BCUT2D eigenvalue weighted by molar-refractivity contribution is 0.302. The third-order valence-corrected chi connectivity index (χ3v) is 3.98. The SMILES string of the molecule is Clc1cccc(COc2ccccc2CNCc2ccccc2)c1. The molecule has 3 aromatic rings. The minimum Gasteiger partial charge on any atom is -0.489 e. The van der Waals surface area contributed by atoms with Crippen LogP contribution in [0.2, 0.25) is 5.02 Å². The monoisotopic (exact) mass is 337 g/mol. The number of halogens is 1. The second-order valence-electron chi connectivity index (χ2n) is 5.62. The summed E-state index contributed by atoms with van der Waals surface area (Å²) >= 11 is 6.02. The molecular formula is C21H20ClNO. The summed E-state index contributed by atoms with van der Waals surface area (Å²) in [5.41, 5.74) is 3.49. The number of benzene rings is 3. The van der Waals surface area contributed by atoms with Gasteiger partial charge in [0.15, 0.2) is 0 Å². The van der Waals surface area contributed by atoms with Crippen LogP contribution in [-0.4, -0.2) is 0 Å². The summed E-state index contributed by atoms with van der Waals surface area (Å²) in [6, 6.07) is 26.2. The van der Waals surface area contributed by atoms with Crippen LogP contribution < -0.4 is 10.1 Å². The molecule has 2 nitrogen and oxygen atoms in total. The molecule has 0 aliphatic rings. The maximum Gasteiger partial charge on any atom is 0.124 e. The number of rotatable bonds is 7. The third-order valence-electron chi connectivity index (χ3n) is 3.74. The molecule has 0 radical (unpaired) electrons. The van der Waals surface area contributed by atoms with Gasteiger partial charge in [-0.1, -0.05) is 72.3 Å². The van der Waals surface area contributed by atoms with Crippen molar-refractivity contribution in [2.75, 3.05) is 0 Å². The van der Waals surface area contributed by atoms with E-state index < -0.39 is 0 Å². The Morgan fingerprint density at radius 2 is 1.50 bits per heavy atom. The lowest BCUT2D eigenvalue weighted by atomic mass is 10.2. The summed E-state index contributed by atoms with van der Waals surface area (Å²) in [6.07, 6.45) is 0. The molecule has 3 aromatic carbocycles. The highest BCUT2D eigenvalue weighted by Gasteiger charge is 2.04. The normalized spacial score (nSPS) is 10.5. The van der Waals surface area contributed by atoms with E-state index in [2.05, 4.69) is 35.6 Å². The van der Waals surface area contributed by atoms with E-state index in [0.717, 1.165) is 35.0 Å². The molecule has 0 saturated heterocycles. The second-order valence-corrected chi connectivity index (χ2v) is 6.05. The predicted molar refractivity (Wildman–Crippen MR) is 99.2 cm³/mol. The summed E-state index contributed by atoms with van der Waals surface area (Å²) in [5, 5.41) is 4.20. The van der Waals surface area contributed by atoms with E-state index >= 15 is 0 Å². The molecule has 0 heterocycles. The molecule has 0 aliphatic carbocycles. The van der Waals surface area contributed by atoms with Gasteiger partial charge in [-0.05, 0) is 29.3 Å². The first-order chi connectivity index (χ1) is 11.8. The Hall–Kier alpha value is -2.29. The lowest BCUT2D eigenvalue weighted by Gasteiger charge is -2.12. The van der Waals surface area contributed by atoms with Crippen molar-refractivity contribution in [3.8, 4) is 5.75 Å². The van der Waals surface area contributed by atoms with Gasteiger partial charge in [0.2, 0.25) is 0 Å². The molecule has 0 saturated carbocycles. The third kappa shape index (κ3) is 4.85. The molecule has 0 aliphatic heterocycles. The van der Waals surface area contributed by atoms with E-state index in [0.29, 0.717) is 6.61 Å². The van der Waals surface area contributed by atoms with Crippen LogP contribution in [0.15, 0.2) is 78.9 Å². The number of ether oxygens (including phenoxy) is 1. The first-order valence-electron chi connectivity index (χ1n) is 8.01. The van der Waals surface area contributed by atoms with Gasteiger partial charge in [-0.2, -0.15) is 0 Å². The van der Waals surface area contributed by atoms with Crippen LogP contribution in [0.5, 0.6) is 5.75 Å². The molecule has 0 amide bonds. The van der Waals surface area contributed by atoms with Gasteiger partial charge in [-0.3, -0.25) is 0 Å². The summed E-state index contributed by atoms with van der Waals surface area (Å²) in [4.78, 5) is 0. The van der Waals surface area contributed by atoms with Crippen molar-refractivity contribution in [2.45, 2.75) is 19.7 Å². The average Bonchev–Trinajstić information content (AvgIpc) is 2.62. The standard InChI is InChI=1S/C21H20ClNO/c22-20-11-6-9-18(13-20)16-24-21-12-5-4-10-19(21)15-23-14-17-7-2-1-3-8-17/h1-13,23H,14-16H2. The van der Waals surface area contributed by atoms with Gasteiger partial charge in [0.1, 0.15) is 12.4 Å². The first-order valence-corrected chi connectivity index (χ1v) is 8.39. The Labute approximate surface area is 148 Å². The molecule has 0 aromatic heterocycles. The van der Waals surface area contributed by atoms with Crippen LogP contribution in [-0.2, 0) is 19.7 Å². The smallest absolute Gasteiger partial charge is 0.124 e. The van der Waals surface area contributed by atoms with Crippen molar-refractivity contribution in [3.05, 3.63) is 101 Å². The first kappa shape index (κ1) is 16.6. The molecular weight excluding hydrogens is 318 g/mol. The summed E-state index contributed by atoms with van der Waals surface area (Å²) in [7, 11) is 0. The van der Waals surface area contributed by atoms with Crippen molar-refractivity contribution in [2.24, 2.45) is 0 Å². The molecule has 0 unspecified atom stereocenters. The zero-order valence-electron chi connectivity index (χ0n) is 13.4. The van der Waals surface area contributed by atoms with Gasteiger partial charge < -0.3 is 10.1 Å². The van der Waals surface area contributed by atoms with Crippen molar-refractivity contribution in [1.29, 1.82) is 0 Å². The summed E-state index contributed by atoms with van der Waals surface area (Å²) in [6.45, 7) is 2.11. The molecule has 0 atom stereocenters. The largest absolute Gasteiger partial charge is 0.489 e.